The molecule has 0 amide bonds. The minimum Gasteiger partial charge on any atom is -0.743 e. The fourth-order valence-corrected chi connectivity index (χ4v) is 1.80. The van der Waals surface area contributed by atoms with Crippen molar-refractivity contribution in [3.8, 4) is 0 Å². The van der Waals surface area contributed by atoms with Gasteiger partial charge in [0.05, 0.1) is 13.6 Å². The zero-order valence-electron chi connectivity index (χ0n) is 15.1. The third-order valence-corrected chi connectivity index (χ3v) is 4.02. The van der Waals surface area contributed by atoms with Gasteiger partial charge in [-0.1, -0.05) is 13.3 Å². The quantitative estimate of drug-likeness (QED) is 0.321. The van der Waals surface area contributed by atoms with Crippen LogP contribution in [0.3, 0.4) is 0 Å². The van der Waals surface area contributed by atoms with Crippen molar-refractivity contribution in [2.75, 3.05) is 0 Å². The van der Waals surface area contributed by atoms with Crippen LogP contribution in [0.4, 0.5) is 43.9 Å². The van der Waals surface area contributed by atoms with Gasteiger partial charge in [0.1, 0.15) is 12.4 Å². The fourth-order valence-electron chi connectivity index (χ4n) is 1.53. The molecule has 17 heteroatoms. The number of imidazole rings is 1. The molecule has 0 bridgehead atoms. The Hall–Kier alpha value is -1.62. The average Bonchev–Trinajstić information content (AvgIpc) is 2.96. The topological polar surface area (TPSA) is 75.2 Å². The van der Waals surface area contributed by atoms with Gasteiger partial charge in [-0.15, -0.1) is 0 Å². The Bertz CT molecular complexity index is 779. The minimum atomic E-state index is -7.12. The zero-order chi connectivity index (χ0) is 24.2. The van der Waals surface area contributed by atoms with Crippen molar-refractivity contribution < 1.29 is 66.2 Å². The predicted octanol–water partition coefficient (Wildman–Crippen LogP) is 3.34. The maximum absolute atomic E-state index is 12.4. The van der Waals surface area contributed by atoms with E-state index >= 15 is 0 Å². The van der Waals surface area contributed by atoms with Crippen molar-refractivity contribution in [3.63, 3.8) is 0 Å². The predicted molar refractivity (Wildman–Crippen MR) is 77.1 cm³/mol. The molecule has 0 aromatic carbocycles. The summed E-state index contributed by atoms with van der Waals surface area (Å²) in [6.45, 7) is 3.36. The summed E-state index contributed by atoms with van der Waals surface area (Å²) in [7, 11) is -4.95. The SMILES string of the molecule is CCCC[n+]1ccn(C)c1.O=S(=O)([O-])C(F)(F)C(F)OC(F)(F)C(F)(F)C(F)(F)F. The highest BCUT2D eigenvalue weighted by Crippen LogP contribution is 2.48. The lowest BCUT2D eigenvalue weighted by molar-refractivity contribution is -0.696. The third-order valence-electron chi connectivity index (χ3n) is 3.16. The molecule has 0 N–H and O–H groups in total. The number of halogens is 10. The largest absolute Gasteiger partial charge is 0.743 e. The molecular weight excluding hydrogens is 470 g/mol. The molecule has 1 aromatic rings. The Labute approximate surface area is 163 Å². The maximum Gasteiger partial charge on any atom is 0.462 e. The minimum absolute atomic E-state index is 1.15. The molecule has 30 heavy (non-hydrogen) atoms. The molecule has 1 unspecified atom stereocenters. The van der Waals surface area contributed by atoms with Gasteiger partial charge in [-0.25, -0.2) is 21.9 Å². The summed E-state index contributed by atoms with van der Waals surface area (Å²) in [4.78, 5) is 0. The summed E-state index contributed by atoms with van der Waals surface area (Å²) in [6.07, 6.45) is -10.4. The highest BCUT2D eigenvalue weighted by Gasteiger charge is 2.76. The normalized spacial score (nSPS) is 14.8. The van der Waals surface area contributed by atoms with E-state index in [1.165, 1.54) is 12.8 Å². The van der Waals surface area contributed by atoms with Crippen LogP contribution in [0, 0.1) is 0 Å². The number of nitrogens with zero attached hydrogens (tertiary/aromatic N) is 2. The number of alkyl halides is 10. The number of aromatic nitrogens is 2. The monoisotopic (exact) mass is 486 g/mol. The van der Waals surface area contributed by atoms with Gasteiger partial charge in [0.15, 0.2) is 10.1 Å². The summed E-state index contributed by atoms with van der Waals surface area (Å²) in [5.74, 6) is -7.12. The molecule has 0 saturated carbocycles. The van der Waals surface area contributed by atoms with Crippen LogP contribution in [-0.2, 0) is 28.4 Å². The second-order valence-electron chi connectivity index (χ2n) is 5.71. The fraction of sp³-hybridized carbons (Fsp3) is 0.769. The number of unbranched alkanes of at least 4 members (excludes halogenated alkanes) is 1. The summed E-state index contributed by atoms with van der Waals surface area (Å²) in [5, 5.41) is -6.31. The lowest BCUT2D eigenvalue weighted by Gasteiger charge is -2.31. The van der Waals surface area contributed by atoms with E-state index in [2.05, 4.69) is 34.8 Å². The van der Waals surface area contributed by atoms with E-state index in [1.807, 2.05) is 11.8 Å². The smallest absolute Gasteiger partial charge is 0.462 e. The molecule has 1 atom stereocenters. The third kappa shape index (κ3) is 6.97. The highest BCUT2D eigenvalue weighted by molar-refractivity contribution is 7.86. The van der Waals surface area contributed by atoms with Crippen LogP contribution < -0.4 is 4.57 Å². The van der Waals surface area contributed by atoms with E-state index in [9.17, 15) is 56.9 Å². The Kier molecular flexibility index (Phi) is 9.15. The van der Waals surface area contributed by atoms with Crippen molar-refractivity contribution in [2.24, 2.45) is 7.05 Å². The Morgan fingerprint density at radius 1 is 1.10 bits per heavy atom. The molecule has 0 radical (unpaired) electrons. The van der Waals surface area contributed by atoms with Crippen LogP contribution in [0.5, 0.6) is 0 Å². The van der Waals surface area contributed by atoms with E-state index < -0.39 is 39.9 Å². The molecule has 0 spiro atoms. The Morgan fingerprint density at radius 2 is 1.60 bits per heavy atom. The second-order valence-corrected chi connectivity index (χ2v) is 7.16. The molecule has 0 aliphatic rings. The van der Waals surface area contributed by atoms with Gasteiger partial charge in [0.2, 0.25) is 6.33 Å². The molecule has 0 saturated heterocycles. The first-order valence-electron chi connectivity index (χ1n) is 7.69. The first-order valence-corrected chi connectivity index (χ1v) is 9.10. The van der Waals surface area contributed by atoms with E-state index in [4.69, 9.17) is 0 Å². The van der Waals surface area contributed by atoms with Crippen LogP contribution in [0.25, 0.3) is 0 Å². The highest BCUT2D eigenvalue weighted by atomic mass is 32.2. The van der Waals surface area contributed by atoms with Crippen molar-refractivity contribution in [1.82, 2.24) is 4.57 Å². The van der Waals surface area contributed by atoms with Crippen LogP contribution in [0.15, 0.2) is 18.7 Å². The van der Waals surface area contributed by atoms with Crippen LogP contribution in [-0.4, -0.2) is 47.4 Å². The van der Waals surface area contributed by atoms with Gasteiger partial charge in [0, 0.05) is 0 Å². The van der Waals surface area contributed by atoms with Crippen LogP contribution in [0.2, 0.25) is 0 Å². The van der Waals surface area contributed by atoms with Crippen molar-refractivity contribution in [2.45, 2.75) is 56.1 Å². The van der Waals surface area contributed by atoms with Gasteiger partial charge in [-0.05, 0) is 6.42 Å². The molecule has 0 aliphatic heterocycles. The summed E-state index contributed by atoms with van der Waals surface area (Å²) in [6, 6.07) is 0. The lowest BCUT2D eigenvalue weighted by Crippen LogP contribution is -2.56. The molecular formula is C13H16F10N2O4S. The number of hydrogen-bond acceptors (Lipinski definition) is 4. The van der Waals surface area contributed by atoms with Gasteiger partial charge in [0.25, 0.3) is 6.36 Å². The Balaban J connectivity index is 0.000000696. The number of rotatable bonds is 8. The molecule has 0 fully saturated rings. The van der Waals surface area contributed by atoms with Gasteiger partial charge in [-0.2, -0.15) is 39.5 Å². The molecule has 6 nitrogen and oxygen atoms in total. The molecule has 1 rings (SSSR count). The van der Waals surface area contributed by atoms with E-state index in [0.29, 0.717) is 0 Å². The van der Waals surface area contributed by atoms with E-state index in [1.54, 1.807) is 0 Å². The van der Waals surface area contributed by atoms with Crippen LogP contribution >= 0.6 is 0 Å². The summed E-state index contributed by atoms with van der Waals surface area (Å²) in [5.41, 5.74) is 0. The molecule has 1 aromatic heterocycles. The average molecular weight is 486 g/mol. The van der Waals surface area contributed by atoms with Gasteiger partial charge in [-0.3, -0.25) is 4.74 Å². The first-order chi connectivity index (χ1) is 13.2. The van der Waals surface area contributed by atoms with E-state index in [-0.39, 0.29) is 0 Å². The van der Waals surface area contributed by atoms with Gasteiger partial charge >= 0.3 is 23.5 Å². The Morgan fingerprint density at radius 3 is 1.93 bits per heavy atom. The van der Waals surface area contributed by atoms with Crippen LogP contribution in [0.1, 0.15) is 19.8 Å². The number of aryl methyl sites for hydroxylation is 2. The van der Waals surface area contributed by atoms with E-state index in [0.717, 1.165) is 6.54 Å². The maximum atomic E-state index is 12.4. The lowest BCUT2D eigenvalue weighted by atomic mass is 10.3. The van der Waals surface area contributed by atoms with Crippen molar-refractivity contribution in [1.29, 1.82) is 0 Å². The summed E-state index contributed by atoms with van der Waals surface area (Å²) < 4.78 is 156. The molecule has 1 heterocycles. The van der Waals surface area contributed by atoms with Crippen molar-refractivity contribution in [3.05, 3.63) is 18.7 Å². The standard InChI is InChI=1S/C8H15N2.C5H2F10O4S/c1-3-4-5-10-7-6-9(2)8-10;6-1(2(7,8)20(16,17)18)19-5(14,15)3(9,10)4(11,12)13/h6-8H,3-5H2,1-2H3;1H,(H,16,17,18)/q+1;/p-1. The number of ether oxygens (including phenoxy) is 1. The second kappa shape index (κ2) is 9.67. The first kappa shape index (κ1) is 28.4. The number of hydrogen-bond donors (Lipinski definition) is 0. The zero-order valence-corrected chi connectivity index (χ0v) is 16.0. The van der Waals surface area contributed by atoms with Gasteiger partial charge < -0.3 is 4.55 Å². The molecule has 0 aliphatic carbocycles. The van der Waals surface area contributed by atoms with Crippen molar-refractivity contribution >= 4 is 10.1 Å². The summed E-state index contributed by atoms with van der Waals surface area (Å²) >= 11 is 0. The molecule has 178 valence electrons.